The fourth-order valence-electron chi connectivity index (χ4n) is 3.33. The molecule has 1 aromatic heterocycles. The quantitative estimate of drug-likeness (QED) is 0.298. The minimum atomic E-state index is -0.156. The molecule has 1 heterocycles. The Hall–Kier alpha value is -1.43. The van der Waals surface area contributed by atoms with Crippen molar-refractivity contribution < 1.29 is 9.59 Å². The fraction of sp³-hybridized carbons (Fsp3) is 0.783. The van der Waals surface area contributed by atoms with E-state index in [1.807, 2.05) is 12.3 Å². The van der Waals surface area contributed by atoms with Gasteiger partial charge in [-0.3, -0.25) is 9.59 Å². The van der Waals surface area contributed by atoms with Gasteiger partial charge < -0.3 is 10.2 Å². The maximum atomic E-state index is 12.7. The summed E-state index contributed by atoms with van der Waals surface area (Å²) in [6, 6.07) is 0. The summed E-state index contributed by atoms with van der Waals surface area (Å²) in [6.07, 6.45) is 14.8. The molecule has 166 valence electrons. The lowest BCUT2D eigenvalue weighted by Crippen LogP contribution is -2.38. The number of hydrogen-bond acceptors (Lipinski definition) is 4. The molecule has 0 bridgehead atoms. The number of rotatable bonds is 17. The molecule has 0 spiro atoms. The zero-order chi connectivity index (χ0) is 21.3. The predicted octanol–water partition coefficient (Wildman–Crippen LogP) is 6.33. The molecule has 0 atom stereocenters. The van der Waals surface area contributed by atoms with Crippen molar-refractivity contribution in [3.8, 4) is 0 Å². The van der Waals surface area contributed by atoms with Crippen LogP contribution >= 0.6 is 11.3 Å². The normalized spacial score (nSPS) is 10.9. The molecule has 1 rings (SSSR count). The van der Waals surface area contributed by atoms with Gasteiger partial charge in [0.1, 0.15) is 0 Å². The molecule has 0 aliphatic heterocycles. The van der Waals surface area contributed by atoms with Gasteiger partial charge in [-0.1, -0.05) is 78.1 Å². The molecule has 5 nitrogen and oxygen atoms in total. The average molecular weight is 424 g/mol. The smallest absolute Gasteiger partial charge is 0.245 e. The molecule has 0 saturated carbocycles. The van der Waals surface area contributed by atoms with Gasteiger partial charge in [-0.05, 0) is 19.8 Å². The lowest BCUT2D eigenvalue weighted by atomic mass is 10.1. The van der Waals surface area contributed by atoms with Gasteiger partial charge in [-0.2, -0.15) is 0 Å². The molecule has 0 fully saturated rings. The first-order chi connectivity index (χ1) is 14.1. The number of carbonyl (C=O) groups excluding carboxylic acids is 2. The van der Waals surface area contributed by atoms with Crippen molar-refractivity contribution in [3.05, 3.63) is 11.1 Å². The van der Waals surface area contributed by atoms with Gasteiger partial charge >= 0.3 is 0 Å². The first-order valence-electron chi connectivity index (χ1n) is 11.6. The molecular weight excluding hydrogens is 382 g/mol. The number of nitrogens with zero attached hydrogens (tertiary/aromatic N) is 2. The maximum Gasteiger partial charge on any atom is 0.245 e. The van der Waals surface area contributed by atoms with E-state index in [4.69, 9.17) is 0 Å². The van der Waals surface area contributed by atoms with Crippen molar-refractivity contribution in [2.45, 2.75) is 104 Å². The molecule has 1 aromatic rings. The lowest BCUT2D eigenvalue weighted by molar-refractivity contribution is -0.134. The highest BCUT2D eigenvalue weighted by Crippen LogP contribution is 2.15. The molecule has 29 heavy (non-hydrogen) atoms. The van der Waals surface area contributed by atoms with Gasteiger partial charge in [0, 0.05) is 18.3 Å². The number of unbranched alkanes of at least 4 members (excludes halogenated alkanes) is 10. The summed E-state index contributed by atoms with van der Waals surface area (Å²) in [6.45, 7) is 7.07. The van der Waals surface area contributed by atoms with Gasteiger partial charge in [-0.25, -0.2) is 4.98 Å². The number of aromatic nitrogens is 1. The Balaban J connectivity index is 2.31. The number of anilines is 1. The van der Waals surface area contributed by atoms with E-state index >= 15 is 0 Å². The summed E-state index contributed by atoms with van der Waals surface area (Å²) in [4.78, 5) is 31.0. The SMILES string of the molecule is CCCCCCCCCCCC(=O)N(CCCCC)CC(=O)Nc1nc(C)cs1. The Morgan fingerprint density at radius 2 is 1.52 bits per heavy atom. The maximum absolute atomic E-state index is 12.7. The van der Waals surface area contributed by atoms with E-state index in [2.05, 4.69) is 24.1 Å². The van der Waals surface area contributed by atoms with E-state index in [-0.39, 0.29) is 18.4 Å². The van der Waals surface area contributed by atoms with Crippen LogP contribution in [0, 0.1) is 6.92 Å². The van der Waals surface area contributed by atoms with Crippen LogP contribution in [0.3, 0.4) is 0 Å². The van der Waals surface area contributed by atoms with Crippen LogP contribution in [0.5, 0.6) is 0 Å². The molecular formula is C23H41N3O2S. The van der Waals surface area contributed by atoms with Crippen LogP contribution in [0.25, 0.3) is 0 Å². The molecule has 0 aromatic carbocycles. The van der Waals surface area contributed by atoms with Gasteiger partial charge in [0.05, 0.1) is 12.2 Å². The van der Waals surface area contributed by atoms with Gasteiger partial charge in [0.25, 0.3) is 0 Å². The van der Waals surface area contributed by atoms with E-state index in [0.717, 1.165) is 37.8 Å². The minimum Gasteiger partial charge on any atom is -0.333 e. The summed E-state index contributed by atoms with van der Waals surface area (Å²) in [5.41, 5.74) is 0.895. The third-order valence-electron chi connectivity index (χ3n) is 5.08. The standard InChI is InChI=1S/C23H41N3O2S/c1-4-6-8-9-10-11-12-13-14-16-22(28)26(17-15-7-5-2)18-21(27)25-23-24-20(3)19-29-23/h19H,4-18H2,1-3H3,(H,24,25,27). The zero-order valence-electron chi connectivity index (χ0n) is 18.8. The zero-order valence-corrected chi connectivity index (χ0v) is 19.6. The number of aryl methyl sites for hydroxylation is 1. The molecule has 2 amide bonds. The summed E-state index contributed by atoms with van der Waals surface area (Å²) in [5.74, 6) is -0.0502. The second-order valence-electron chi connectivity index (χ2n) is 7.94. The monoisotopic (exact) mass is 423 g/mol. The van der Waals surface area contributed by atoms with Crippen LogP contribution in [0.15, 0.2) is 5.38 Å². The highest BCUT2D eigenvalue weighted by molar-refractivity contribution is 7.13. The van der Waals surface area contributed by atoms with Crippen molar-refractivity contribution in [1.82, 2.24) is 9.88 Å². The van der Waals surface area contributed by atoms with Crippen LogP contribution in [-0.4, -0.2) is 34.8 Å². The Morgan fingerprint density at radius 3 is 2.10 bits per heavy atom. The largest absolute Gasteiger partial charge is 0.333 e. The van der Waals surface area contributed by atoms with Crippen LogP contribution in [0.4, 0.5) is 5.13 Å². The molecule has 0 saturated heterocycles. The van der Waals surface area contributed by atoms with Crippen molar-refractivity contribution in [2.24, 2.45) is 0 Å². The molecule has 0 aliphatic rings. The van der Waals surface area contributed by atoms with Crippen molar-refractivity contribution >= 4 is 28.3 Å². The van der Waals surface area contributed by atoms with Gasteiger partial charge in [0.15, 0.2) is 5.13 Å². The minimum absolute atomic E-state index is 0.106. The Bertz CT molecular complexity index is 574. The van der Waals surface area contributed by atoms with Crippen LogP contribution < -0.4 is 5.32 Å². The third kappa shape index (κ3) is 12.7. The highest BCUT2D eigenvalue weighted by atomic mass is 32.1. The lowest BCUT2D eigenvalue weighted by Gasteiger charge is -2.22. The molecule has 0 radical (unpaired) electrons. The number of carbonyl (C=O) groups is 2. The van der Waals surface area contributed by atoms with E-state index < -0.39 is 0 Å². The van der Waals surface area contributed by atoms with E-state index in [9.17, 15) is 9.59 Å². The second kappa shape index (κ2) is 16.4. The van der Waals surface area contributed by atoms with E-state index in [1.165, 1.54) is 56.3 Å². The highest BCUT2D eigenvalue weighted by Gasteiger charge is 2.17. The number of hydrogen-bond donors (Lipinski definition) is 1. The average Bonchev–Trinajstić information content (AvgIpc) is 3.10. The molecule has 6 heteroatoms. The first-order valence-corrected chi connectivity index (χ1v) is 12.4. The molecule has 1 N–H and O–H groups in total. The number of nitrogens with one attached hydrogen (secondary N) is 1. The molecule has 0 aliphatic carbocycles. The Kier molecular flexibility index (Phi) is 14.5. The Labute approximate surface area is 181 Å². The fourth-order valence-corrected chi connectivity index (χ4v) is 4.04. The topological polar surface area (TPSA) is 62.3 Å². The van der Waals surface area contributed by atoms with Gasteiger partial charge in [0.2, 0.25) is 11.8 Å². The van der Waals surface area contributed by atoms with E-state index in [0.29, 0.717) is 18.1 Å². The second-order valence-corrected chi connectivity index (χ2v) is 8.80. The van der Waals surface area contributed by atoms with Crippen molar-refractivity contribution in [2.75, 3.05) is 18.4 Å². The van der Waals surface area contributed by atoms with Crippen molar-refractivity contribution in [1.29, 1.82) is 0 Å². The summed E-state index contributed by atoms with van der Waals surface area (Å²) < 4.78 is 0. The van der Waals surface area contributed by atoms with Crippen LogP contribution in [-0.2, 0) is 9.59 Å². The summed E-state index contributed by atoms with van der Waals surface area (Å²) in [5, 5.41) is 5.33. The van der Waals surface area contributed by atoms with Crippen LogP contribution in [0.1, 0.15) is 103 Å². The molecule has 0 unspecified atom stereocenters. The predicted molar refractivity (Wildman–Crippen MR) is 123 cm³/mol. The van der Waals surface area contributed by atoms with E-state index in [1.54, 1.807) is 4.90 Å². The number of amides is 2. The van der Waals surface area contributed by atoms with Crippen molar-refractivity contribution in [3.63, 3.8) is 0 Å². The summed E-state index contributed by atoms with van der Waals surface area (Å²) >= 11 is 1.42. The Morgan fingerprint density at radius 1 is 0.931 bits per heavy atom. The summed E-state index contributed by atoms with van der Waals surface area (Å²) in [7, 11) is 0. The third-order valence-corrected chi connectivity index (χ3v) is 5.95. The van der Waals surface area contributed by atoms with Gasteiger partial charge in [-0.15, -0.1) is 11.3 Å². The number of thiazole rings is 1. The first kappa shape index (κ1) is 25.6. The van der Waals surface area contributed by atoms with Crippen LogP contribution in [0.2, 0.25) is 0 Å².